The molecule has 0 unspecified atom stereocenters. The van der Waals surface area contributed by atoms with Crippen molar-refractivity contribution < 1.29 is 43.2 Å². The highest BCUT2D eigenvalue weighted by Gasteiger charge is 2.38. The Morgan fingerprint density at radius 3 is 1.72 bits per heavy atom. The van der Waals surface area contributed by atoms with E-state index in [0.717, 1.165) is 16.5 Å². The van der Waals surface area contributed by atoms with Crippen molar-refractivity contribution in [1.82, 2.24) is 67.5 Å². The van der Waals surface area contributed by atoms with Crippen molar-refractivity contribution in [3.63, 3.8) is 0 Å². The van der Waals surface area contributed by atoms with Gasteiger partial charge in [-0.3, -0.25) is 43.2 Å². The zero-order valence-electron chi connectivity index (χ0n) is 46.4. The fourth-order valence-electron chi connectivity index (χ4n) is 8.89. The maximum Gasteiger partial charge on any atom is 0.243 e. The van der Waals surface area contributed by atoms with Crippen molar-refractivity contribution in [2.24, 2.45) is 22.8 Å². The van der Waals surface area contributed by atoms with Gasteiger partial charge in [-0.15, -0.1) is 0 Å². The largest absolute Gasteiger partial charge is 0.368 e. The number of carbonyl (C=O) groups is 9. The number of benzene rings is 3. The summed E-state index contributed by atoms with van der Waals surface area (Å²) in [5.41, 5.74) is 14.8. The maximum absolute atomic E-state index is 14.3. The van der Waals surface area contributed by atoms with Gasteiger partial charge in [-0.25, -0.2) is 9.97 Å². The topological polar surface area (TPSA) is 375 Å². The number of imidazole rings is 2. The predicted molar refractivity (Wildman–Crippen MR) is 306 cm³/mol. The van der Waals surface area contributed by atoms with Crippen LogP contribution in [0.5, 0.6) is 0 Å². The number of aromatic amines is 3. The highest BCUT2D eigenvalue weighted by molar-refractivity contribution is 6.31. The molecule has 25 heteroatoms. The van der Waals surface area contributed by atoms with Gasteiger partial charge < -0.3 is 69.0 Å². The van der Waals surface area contributed by atoms with E-state index in [4.69, 9.17) is 23.1 Å². The molecule has 6 rings (SSSR count). The second-order valence-corrected chi connectivity index (χ2v) is 21.8. The Morgan fingerprint density at radius 1 is 0.561 bits per heavy atom. The fraction of sp³-hybridized carbons (Fsp3) is 0.386. The van der Waals surface area contributed by atoms with E-state index in [0.29, 0.717) is 27.5 Å². The van der Waals surface area contributed by atoms with Crippen LogP contribution in [0.25, 0.3) is 10.9 Å². The number of H-pyrrole nitrogens is 3. The van der Waals surface area contributed by atoms with Gasteiger partial charge in [-0.2, -0.15) is 0 Å². The Hall–Kier alpha value is -8.90. The minimum absolute atomic E-state index is 0.0201. The lowest BCUT2D eigenvalue weighted by Gasteiger charge is -2.33. The van der Waals surface area contributed by atoms with E-state index in [1.807, 2.05) is 54.6 Å². The smallest absolute Gasteiger partial charge is 0.243 e. The zero-order valence-corrected chi connectivity index (χ0v) is 47.2. The van der Waals surface area contributed by atoms with E-state index >= 15 is 0 Å². The Morgan fingerprint density at radius 2 is 1.11 bits per heavy atom. The molecule has 15 N–H and O–H groups in total. The number of hydrogen-bond donors (Lipinski definition) is 13. The van der Waals surface area contributed by atoms with E-state index in [9.17, 15) is 43.2 Å². The highest BCUT2D eigenvalue weighted by atomic mass is 35.5. The minimum atomic E-state index is -1.32. The molecule has 3 heterocycles. The average molecular weight is 1150 g/mol. The molecule has 0 aliphatic heterocycles. The molecule has 9 amide bonds. The summed E-state index contributed by atoms with van der Waals surface area (Å²) in [6.07, 6.45) is 7.42. The number of carbonyl (C=O) groups excluding carboxylic acids is 9. The highest BCUT2D eigenvalue weighted by Crippen LogP contribution is 2.23. The lowest BCUT2D eigenvalue weighted by Crippen LogP contribution is -2.61. The summed E-state index contributed by atoms with van der Waals surface area (Å²) in [5, 5.41) is 22.5. The summed E-state index contributed by atoms with van der Waals surface area (Å²) in [6, 6.07) is 13.4. The first-order valence-corrected chi connectivity index (χ1v) is 27.1. The number of halogens is 1. The molecule has 6 aromatic rings. The molecule has 0 aliphatic rings. The van der Waals surface area contributed by atoms with Crippen LogP contribution in [0.1, 0.15) is 69.6 Å². The molecule has 0 aliphatic carbocycles. The Labute approximate surface area is 479 Å². The van der Waals surface area contributed by atoms with Crippen LogP contribution in [0, 0.1) is 11.3 Å². The molecule has 0 saturated heterocycles. The molecular weight excluding hydrogens is 1070 g/mol. The first-order valence-electron chi connectivity index (χ1n) is 26.7. The maximum atomic E-state index is 14.3. The van der Waals surface area contributed by atoms with Gasteiger partial charge >= 0.3 is 0 Å². The summed E-state index contributed by atoms with van der Waals surface area (Å²) in [7, 11) is 0. The number of primary amides is 1. The van der Waals surface area contributed by atoms with E-state index in [1.54, 1.807) is 65.1 Å². The summed E-state index contributed by atoms with van der Waals surface area (Å²) in [5.74, 6) is -7.33. The third kappa shape index (κ3) is 18.1. The number of nitrogens with two attached hydrogens (primary N) is 2. The van der Waals surface area contributed by atoms with Gasteiger partial charge in [0.2, 0.25) is 53.2 Å². The van der Waals surface area contributed by atoms with Crippen molar-refractivity contribution in [3.05, 3.63) is 143 Å². The predicted octanol–water partition coefficient (Wildman–Crippen LogP) is 0.825. The van der Waals surface area contributed by atoms with Crippen LogP contribution >= 0.6 is 11.6 Å². The summed E-state index contributed by atoms with van der Waals surface area (Å²) in [6.45, 7) is 9.14. The van der Waals surface area contributed by atoms with E-state index in [1.165, 1.54) is 32.0 Å². The average Bonchev–Trinajstić information content (AvgIpc) is 4.27. The van der Waals surface area contributed by atoms with Gasteiger partial charge in [0.05, 0.1) is 25.2 Å². The van der Waals surface area contributed by atoms with Gasteiger partial charge in [0.1, 0.15) is 42.3 Å². The molecule has 0 bridgehead atoms. The first kappa shape index (κ1) is 62.3. The summed E-state index contributed by atoms with van der Waals surface area (Å²) in [4.78, 5) is 141. The number of rotatable bonds is 28. The quantitative estimate of drug-likeness (QED) is 0.0325. The molecule has 0 radical (unpaired) electrons. The van der Waals surface area contributed by atoms with Crippen molar-refractivity contribution in [2.45, 2.75) is 122 Å². The second kappa shape index (κ2) is 29.0. The lowest BCUT2D eigenvalue weighted by molar-refractivity contribution is -0.136. The molecule has 3 aromatic carbocycles. The second-order valence-electron chi connectivity index (χ2n) is 21.4. The van der Waals surface area contributed by atoms with Crippen LogP contribution in [-0.2, 0) is 75.3 Å². The Balaban J connectivity index is 1.10. The normalized spacial score (nSPS) is 14.4. The van der Waals surface area contributed by atoms with E-state index < -0.39 is 119 Å². The van der Waals surface area contributed by atoms with E-state index in [-0.39, 0.29) is 32.1 Å². The van der Waals surface area contributed by atoms with Crippen LogP contribution < -0.4 is 54.0 Å². The molecule has 3 aromatic heterocycles. The van der Waals surface area contributed by atoms with Gasteiger partial charge in [0, 0.05) is 71.6 Å². The number of aromatic nitrogens is 5. The van der Waals surface area contributed by atoms with Gasteiger partial charge in [0.25, 0.3) is 0 Å². The number of hydrogen-bond acceptors (Lipinski definition) is 12. The SMILES string of the molecule is CC(C)[C@H](NC(=O)[C@H](C)NC(=O)[C@H](Cc1c[nH]c2ccccc12)NC(=O)[C@H](Cc1cnc[nH]1)NC(=O)[C@H](N)Cc1ccccc1)C(=O)NCC(=O)N[C@@H](Cc1cnc[nH]1)C(=O)N[C@H](C(=O)N[C@H](Cc1ccccc1Cl)C(N)=O)C(C)(C)C. The van der Waals surface area contributed by atoms with Gasteiger partial charge in [0.15, 0.2) is 0 Å². The zero-order chi connectivity index (χ0) is 59.7. The molecule has 8 atom stereocenters. The monoisotopic (exact) mass is 1150 g/mol. The number of nitrogens with one attached hydrogen (secondary N) is 11. The summed E-state index contributed by atoms with van der Waals surface area (Å²) >= 11 is 6.32. The molecule has 0 fully saturated rings. The molecule has 0 saturated carbocycles. The molecule has 0 spiro atoms. The molecule has 24 nitrogen and oxygen atoms in total. The van der Waals surface area contributed by atoms with Crippen molar-refractivity contribution >= 4 is 75.7 Å². The minimum Gasteiger partial charge on any atom is -0.368 e. The standard InChI is InChI=1S/C57H72ClN15O9/c1-31(2)47(55(81)64-28-46(74)68-44(23-36-26-61-29-65-36)54(80)73-48(57(4,5)6)56(82)69-42(49(60)75)21-34-16-10-12-18-39(34)58)72-50(76)32(3)67-52(78)43(22-35-25-63-41-19-13-11-17-38(35)41)71-53(79)45(24-37-27-62-30-66-37)70-51(77)40(59)20-33-14-8-7-9-15-33/h7-19,25-27,29-32,40,42-45,47-48,63H,20-24,28,59H2,1-6H3,(H2,60,75)(H,61,65)(H,62,66)(H,64,81)(H,67,78)(H,68,74)(H,69,82)(H,70,77)(H,71,79)(H,72,76)(H,73,80)/t32-,40+,42+,43-,44-,45-,47-,48+/m0/s1. The van der Waals surface area contributed by atoms with Crippen LogP contribution in [0.3, 0.4) is 0 Å². The fourth-order valence-corrected chi connectivity index (χ4v) is 9.10. The molecule has 436 valence electrons. The lowest BCUT2D eigenvalue weighted by atomic mass is 9.85. The number of nitrogens with zero attached hydrogens (tertiary/aromatic N) is 2. The van der Waals surface area contributed by atoms with Crippen molar-refractivity contribution in [3.8, 4) is 0 Å². The van der Waals surface area contributed by atoms with Gasteiger partial charge in [-0.1, -0.05) is 113 Å². The van der Waals surface area contributed by atoms with Crippen LogP contribution in [0.15, 0.2) is 110 Å². The van der Waals surface area contributed by atoms with Gasteiger partial charge in [-0.05, 0) is 53.5 Å². The van der Waals surface area contributed by atoms with E-state index in [2.05, 4.69) is 67.5 Å². The van der Waals surface area contributed by atoms with Crippen LogP contribution in [0.2, 0.25) is 5.02 Å². The Bertz CT molecular complexity index is 3160. The molecule has 82 heavy (non-hydrogen) atoms. The Kier molecular flexibility index (Phi) is 22.0. The van der Waals surface area contributed by atoms with Crippen molar-refractivity contribution in [2.75, 3.05) is 6.54 Å². The number of fused-ring (bicyclic) bond motifs is 1. The third-order valence-corrected chi connectivity index (χ3v) is 13.9. The van der Waals surface area contributed by atoms with Crippen LogP contribution in [0.4, 0.5) is 0 Å². The van der Waals surface area contributed by atoms with Crippen LogP contribution in [-0.4, -0.2) is 133 Å². The van der Waals surface area contributed by atoms with Crippen molar-refractivity contribution in [1.29, 1.82) is 0 Å². The number of para-hydroxylation sites is 1. The summed E-state index contributed by atoms with van der Waals surface area (Å²) < 4.78 is 0. The third-order valence-electron chi connectivity index (χ3n) is 13.5. The molecular formula is C57H72ClN15O9. The first-order chi connectivity index (χ1) is 39.0. The number of amides is 9.